The first-order valence-electron chi connectivity index (χ1n) is 21.0. The topological polar surface area (TPSA) is 63.0 Å². The van der Waals surface area contributed by atoms with Crippen molar-refractivity contribution in [2.45, 2.75) is 6.17 Å². The fraction of sp³-hybridized carbons (Fsp3) is 0.0175. The summed E-state index contributed by atoms with van der Waals surface area (Å²) in [6.45, 7) is 0. The molecule has 1 atom stereocenters. The summed E-state index contributed by atoms with van der Waals surface area (Å²) in [6, 6.07) is 70.3. The zero-order valence-electron chi connectivity index (χ0n) is 33.3. The zero-order valence-corrected chi connectivity index (χ0v) is 33.3. The predicted molar refractivity (Wildman–Crippen MR) is 256 cm³/mol. The minimum atomic E-state index is -0.494. The van der Waals surface area contributed by atoms with E-state index in [-0.39, 0.29) is 0 Å². The molecule has 12 aromatic rings. The van der Waals surface area contributed by atoms with Crippen LogP contribution in [0.1, 0.15) is 22.9 Å². The van der Waals surface area contributed by atoms with E-state index in [1.165, 1.54) is 16.2 Å². The molecule has 0 fully saturated rings. The number of nitrogens with zero attached hydrogens (tertiary/aromatic N) is 2. The standard InChI is InChI=1S/C57H35N3O2/c1-2-14-34(15-3-1)55-58-56(60-57(59-55)48-32-35-16-4-5-17-37(35)39-18-6-7-19-43(39)48)45-26-11-22-40-41(23-10-24-42(40)45)44-25-13-29-51-54(44)47-31-30-36(33-52(47)62-51)38-21-12-28-50-53(38)46-20-8-9-27-49(46)61-50/h1-33,56H,(H,58,59,60). The zero-order chi connectivity index (χ0) is 40.7. The summed E-state index contributed by atoms with van der Waals surface area (Å²) in [6.07, 6.45) is -0.494. The molecule has 10 aromatic carbocycles. The third kappa shape index (κ3) is 5.35. The number of aliphatic imine (C=N–C) groups is 2. The van der Waals surface area contributed by atoms with E-state index in [2.05, 4.69) is 181 Å². The fourth-order valence-electron chi connectivity index (χ4n) is 9.75. The molecule has 1 aliphatic rings. The van der Waals surface area contributed by atoms with Crippen LogP contribution in [0.5, 0.6) is 0 Å². The summed E-state index contributed by atoms with van der Waals surface area (Å²) in [5.41, 5.74) is 11.0. The van der Waals surface area contributed by atoms with Crippen LogP contribution < -0.4 is 5.32 Å². The van der Waals surface area contributed by atoms with Gasteiger partial charge in [-0.3, -0.25) is 0 Å². The van der Waals surface area contributed by atoms with Gasteiger partial charge in [0.25, 0.3) is 0 Å². The first-order valence-corrected chi connectivity index (χ1v) is 21.0. The Labute approximate surface area is 355 Å². The van der Waals surface area contributed by atoms with Gasteiger partial charge in [0.05, 0.1) is 0 Å². The highest BCUT2D eigenvalue weighted by molar-refractivity contribution is 6.24. The van der Waals surface area contributed by atoms with Crippen molar-refractivity contribution in [3.8, 4) is 22.3 Å². The van der Waals surface area contributed by atoms with E-state index in [0.29, 0.717) is 0 Å². The highest BCUT2D eigenvalue weighted by Gasteiger charge is 2.25. The van der Waals surface area contributed by atoms with Crippen molar-refractivity contribution in [3.63, 3.8) is 0 Å². The summed E-state index contributed by atoms with van der Waals surface area (Å²) in [5, 5.41) is 15.0. The molecule has 13 rings (SSSR count). The lowest BCUT2D eigenvalue weighted by molar-refractivity contribution is 0.668. The van der Waals surface area contributed by atoms with Crippen LogP contribution in [0.2, 0.25) is 0 Å². The average molecular weight is 794 g/mol. The summed E-state index contributed by atoms with van der Waals surface area (Å²) in [7, 11) is 0. The van der Waals surface area contributed by atoms with E-state index in [0.717, 1.165) is 111 Å². The average Bonchev–Trinajstić information content (AvgIpc) is 3.92. The van der Waals surface area contributed by atoms with Gasteiger partial charge < -0.3 is 14.2 Å². The van der Waals surface area contributed by atoms with Crippen LogP contribution in [0.15, 0.2) is 219 Å². The Morgan fingerprint density at radius 2 is 0.919 bits per heavy atom. The van der Waals surface area contributed by atoms with Gasteiger partial charge in [0.2, 0.25) is 0 Å². The Kier molecular flexibility index (Phi) is 7.60. The molecule has 1 aliphatic heterocycles. The number of benzene rings is 10. The maximum Gasteiger partial charge on any atom is 0.170 e. The van der Waals surface area contributed by atoms with Crippen molar-refractivity contribution in [2.75, 3.05) is 0 Å². The van der Waals surface area contributed by atoms with Gasteiger partial charge in [-0.2, -0.15) is 0 Å². The normalized spacial score (nSPS) is 14.3. The SMILES string of the molecule is c1ccc(C2=NC(c3cccc4c(-c5cccc6oc7cc(-c8cccc9oc%10ccccc%10c89)ccc7c56)cccc34)N=C(c3cc4ccccc4c4ccccc34)N2)cc1. The number of nitrogens with one attached hydrogen (secondary N) is 1. The second-order valence-corrected chi connectivity index (χ2v) is 16.0. The molecule has 0 saturated carbocycles. The molecular formula is C57H35N3O2. The fourth-order valence-corrected chi connectivity index (χ4v) is 9.75. The van der Waals surface area contributed by atoms with Gasteiger partial charge >= 0.3 is 0 Å². The Balaban J connectivity index is 0.967. The molecule has 0 saturated heterocycles. The maximum atomic E-state index is 6.69. The van der Waals surface area contributed by atoms with Crippen LogP contribution in [0.25, 0.3) is 98.4 Å². The van der Waals surface area contributed by atoms with Crippen LogP contribution in [0.4, 0.5) is 0 Å². The molecule has 0 radical (unpaired) electrons. The van der Waals surface area contributed by atoms with Crippen molar-refractivity contribution in [1.82, 2.24) is 5.32 Å². The van der Waals surface area contributed by atoms with Crippen molar-refractivity contribution in [3.05, 3.63) is 217 Å². The molecule has 1 unspecified atom stereocenters. The van der Waals surface area contributed by atoms with Crippen LogP contribution >= 0.6 is 0 Å². The van der Waals surface area contributed by atoms with E-state index in [9.17, 15) is 0 Å². The van der Waals surface area contributed by atoms with Crippen LogP contribution in [0.3, 0.4) is 0 Å². The smallest absolute Gasteiger partial charge is 0.170 e. The molecule has 0 bridgehead atoms. The van der Waals surface area contributed by atoms with E-state index in [1.807, 2.05) is 24.3 Å². The van der Waals surface area contributed by atoms with Crippen molar-refractivity contribution < 1.29 is 8.83 Å². The number of hydrogen-bond donors (Lipinski definition) is 1. The molecule has 5 heteroatoms. The molecule has 1 N–H and O–H groups in total. The summed E-state index contributed by atoms with van der Waals surface area (Å²) in [5.74, 6) is 1.59. The van der Waals surface area contributed by atoms with Crippen molar-refractivity contribution in [2.24, 2.45) is 9.98 Å². The van der Waals surface area contributed by atoms with Crippen molar-refractivity contribution >= 4 is 87.9 Å². The first-order chi connectivity index (χ1) is 30.7. The number of amidine groups is 2. The van der Waals surface area contributed by atoms with Crippen LogP contribution in [-0.4, -0.2) is 11.7 Å². The second kappa shape index (κ2) is 13.6. The largest absolute Gasteiger partial charge is 0.456 e. The van der Waals surface area contributed by atoms with E-state index in [1.54, 1.807) is 0 Å². The molecule has 5 nitrogen and oxygen atoms in total. The quantitative estimate of drug-likeness (QED) is 0.177. The highest BCUT2D eigenvalue weighted by atomic mass is 16.3. The monoisotopic (exact) mass is 793 g/mol. The molecule has 3 heterocycles. The molecule has 0 spiro atoms. The van der Waals surface area contributed by atoms with Crippen molar-refractivity contribution in [1.29, 1.82) is 0 Å². The lowest BCUT2D eigenvalue weighted by Gasteiger charge is -2.24. The third-order valence-corrected chi connectivity index (χ3v) is 12.5. The van der Waals surface area contributed by atoms with E-state index >= 15 is 0 Å². The Bertz CT molecular complexity index is 3850. The predicted octanol–water partition coefficient (Wildman–Crippen LogP) is 14.8. The Hall–Kier alpha value is -8.28. The van der Waals surface area contributed by atoms with Gasteiger partial charge in [-0.1, -0.05) is 164 Å². The van der Waals surface area contributed by atoms with E-state index in [4.69, 9.17) is 18.8 Å². The van der Waals surface area contributed by atoms with Gasteiger partial charge in [-0.25, -0.2) is 9.98 Å². The summed E-state index contributed by atoms with van der Waals surface area (Å²) < 4.78 is 12.9. The Morgan fingerprint density at radius 1 is 0.339 bits per heavy atom. The third-order valence-electron chi connectivity index (χ3n) is 12.5. The van der Waals surface area contributed by atoms with Gasteiger partial charge in [-0.15, -0.1) is 0 Å². The second-order valence-electron chi connectivity index (χ2n) is 16.0. The van der Waals surface area contributed by atoms with Gasteiger partial charge in [-0.05, 0) is 91.0 Å². The van der Waals surface area contributed by atoms with Crippen LogP contribution in [0, 0.1) is 0 Å². The number of furan rings is 2. The van der Waals surface area contributed by atoms with Gasteiger partial charge in [0.15, 0.2) is 6.17 Å². The summed E-state index contributed by atoms with van der Waals surface area (Å²) in [4.78, 5) is 10.8. The molecule has 290 valence electrons. The minimum absolute atomic E-state index is 0.494. The van der Waals surface area contributed by atoms with Gasteiger partial charge in [0.1, 0.15) is 34.0 Å². The lowest BCUT2D eigenvalue weighted by atomic mass is 9.92. The maximum absolute atomic E-state index is 6.69. The van der Waals surface area contributed by atoms with Gasteiger partial charge in [0, 0.05) is 38.2 Å². The highest BCUT2D eigenvalue weighted by Crippen LogP contribution is 2.43. The molecule has 0 aliphatic carbocycles. The number of fused-ring (bicyclic) bond motifs is 10. The lowest BCUT2D eigenvalue weighted by Crippen LogP contribution is -2.36. The molecule has 62 heavy (non-hydrogen) atoms. The Morgan fingerprint density at radius 3 is 1.79 bits per heavy atom. The van der Waals surface area contributed by atoms with Crippen LogP contribution in [-0.2, 0) is 0 Å². The first kappa shape index (κ1) is 34.6. The number of rotatable bonds is 5. The summed E-state index contributed by atoms with van der Waals surface area (Å²) >= 11 is 0. The van der Waals surface area contributed by atoms with E-state index < -0.39 is 6.17 Å². The minimum Gasteiger partial charge on any atom is -0.456 e. The number of hydrogen-bond acceptors (Lipinski definition) is 5. The molecule has 2 aromatic heterocycles. The molecular weight excluding hydrogens is 759 g/mol. The number of para-hydroxylation sites is 1. The molecule has 0 amide bonds.